The van der Waals surface area contributed by atoms with Gasteiger partial charge in [0.05, 0.1) is 12.2 Å². The highest BCUT2D eigenvalue weighted by Gasteiger charge is 2.65. The molecule has 0 radical (unpaired) electrons. The van der Waals surface area contributed by atoms with E-state index >= 15 is 0 Å². The number of fused-ring (bicyclic) bond motifs is 7. The Balaban J connectivity index is 1.53. The molecule has 2 N–H and O–H groups in total. The van der Waals surface area contributed by atoms with E-state index in [1.165, 1.54) is 44.9 Å². The van der Waals surface area contributed by atoms with Crippen LogP contribution in [0.5, 0.6) is 0 Å². The first kappa shape index (κ1) is 22.5. The molecule has 176 valence electrons. The Hall–Kier alpha value is -0.340. The first-order valence-electron chi connectivity index (χ1n) is 13.3. The maximum absolute atomic E-state index is 11.4. The maximum atomic E-state index is 11.4. The number of rotatable bonds is 0. The molecule has 5 aliphatic carbocycles. The van der Waals surface area contributed by atoms with Gasteiger partial charge >= 0.3 is 0 Å². The van der Waals surface area contributed by atoms with Crippen LogP contribution in [0.1, 0.15) is 106 Å². The van der Waals surface area contributed by atoms with Crippen LogP contribution < -0.4 is 0 Å². The van der Waals surface area contributed by atoms with Crippen LogP contribution in [0.25, 0.3) is 0 Å². The van der Waals surface area contributed by atoms with Crippen molar-refractivity contribution < 1.29 is 10.2 Å². The highest BCUT2D eigenvalue weighted by Crippen LogP contribution is 2.71. The van der Waals surface area contributed by atoms with Crippen LogP contribution in [0, 0.1) is 50.7 Å². The molecule has 4 saturated carbocycles. The third kappa shape index (κ3) is 2.89. The van der Waals surface area contributed by atoms with E-state index in [0.717, 1.165) is 12.3 Å². The molecule has 9 atom stereocenters. The SMILES string of the molecule is CC1(C)CC[C@]2(C)CC=C3[C@@H]4CC[C@H]5C(C)(C)[C@@H](O)C[C@H](O)[C@]5(C)[C@H]4CC[C@@]3(C)[C@@H]2C1. The Morgan fingerprint density at radius 1 is 0.806 bits per heavy atom. The number of aliphatic hydroxyl groups is 2. The molecule has 5 aliphatic rings. The third-order valence-corrected chi connectivity index (χ3v) is 12.3. The molecule has 0 saturated heterocycles. The van der Waals surface area contributed by atoms with Gasteiger partial charge in [-0.25, -0.2) is 0 Å². The second-order valence-corrected chi connectivity index (χ2v) is 14.7. The zero-order chi connectivity index (χ0) is 22.6. The minimum atomic E-state index is -0.384. The molecule has 0 aromatic carbocycles. The van der Waals surface area contributed by atoms with Gasteiger partial charge in [0.25, 0.3) is 0 Å². The predicted octanol–water partition coefficient (Wildman–Crippen LogP) is 6.75. The molecular formula is C29H48O2. The van der Waals surface area contributed by atoms with Crippen molar-refractivity contribution in [3.63, 3.8) is 0 Å². The molecule has 0 spiro atoms. The lowest BCUT2D eigenvalue weighted by Gasteiger charge is -2.68. The van der Waals surface area contributed by atoms with Gasteiger partial charge in [0.1, 0.15) is 0 Å². The second kappa shape index (κ2) is 6.62. The fourth-order valence-electron chi connectivity index (χ4n) is 10.2. The van der Waals surface area contributed by atoms with Crippen molar-refractivity contribution in [2.24, 2.45) is 50.7 Å². The standard InChI is InChI=1S/C29H48O2/c1-25(2)14-15-27(5)12-10-19-18-8-9-21-26(3,4)23(30)16-24(31)29(21,7)20(18)11-13-28(19,6)22(27)17-25/h10,18,20-24,30-31H,8-9,11-17H2,1-7H3/t18-,20-,21-,22+,23-,24-,27-,28+,29+/m0/s1. The van der Waals surface area contributed by atoms with Gasteiger partial charge < -0.3 is 10.2 Å². The lowest BCUT2D eigenvalue weighted by molar-refractivity contribution is -0.213. The molecular weight excluding hydrogens is 380 g/mol. The van der Waals surface area contributed by atoms with E-state index < -0.39 is 0 Å². The molecule has 0 unspecified atom stereocenters. The first-order chi connectivity index (χ1) is 14.3. The van der Waals surface area contributed by atoms with Gasteiger partial charge in [-0.15, -0.1) is 0 Å². The first-order valence-corrected chi connectivity index (χ1v) is 13.3. The highest BCUT2D eigenvalue weighted by atomic mass is 16.3. The molecule has 2 nitrogen and oxygen atoms in total. The molecule has 2 heteroatoms. The number of allylic oxidation sites excluding steroid dienone is 2. The molecule has 31 heavy (non-hydrogen) atoms. The van der Waals surface area contributed by atoms with E-state index in [4.69, 9.17) is 0 Å². The minimum absolute atomic E-state index is 0.0690. The summed E-state index contributed by atoms with van der Waals surface area (Å²) in [7, 11) is 0. The molecule has 0 amide bonds. The van der Waals surface area contributed by atoms with Crippen LogP contribution in [0.4, 0.5) is 0 Å². The van der Waals surface area contributed by atoms with Crippen molar-refractivity contribution in [2.75, 3.05) is 0 Å². The molecule has 0 aromatic heterocycles. The summed E-state index contributed by atoms with van der Waals surface area (Å²) in [6, 6.07) is 0. The second-order valence-electron chi connectivity index (χ2n) is 14.7. The molecule has 0 bridgehead atoms. The van der Waals surface area contributed by atoms with E-state index in [0.29, 0.717) is 40.4 Å². The Morgan fingerprint density at radius 3 is 2.23 bits per heavy atom. The zero-order valence-electron chi connectivity index (χ0n) is 21.3. The van der Waals surface area contributed by atoms with Gasteiger partial charge in [-0.1, -0.05) is 60.1 Å². The number of hydrogen-bond acceptors (Lipinski definition) is 2. The summed E-state index contributed by atoms with van der Waals surface area (Å²) in [5, 5.41) is 22.2. The van der Waals surface area contributed by atoms with Gasteiger partial charge in [0.15, 0.2) is 0 Å². The van der Waals surface area contributed by atoms with Crippen molar-refractivity contribution in [1.29, 1.82) is 0 Å². The number of hydrogen-bond donors (Lipinski definition) is 2. The Labute approximate surface area is 191 Å². The normalized spacial score (nSPS) is 55.2. The Morgan fingerprint density at radius 2 is 1.52 bits per heavy atom. The average Bonchev–Trinajstić information content (AvgIpc) is 2.67. The van der Waals surface area contributed by atoms with Crippen LogP contribution in [-0.4, -0.2) is 22.4 Å². The van der Waals surface area contributed by atoms with Crippen LogP contribution in [-0.2, 0) is 0 Å². The molecule has 0 aromatic rings. The van der Waals surface area contributed by atoms with E-state index in [-0.39, 0.29) is 23.0 Å². The van der Waals surface area contributed by atoms with Gasteiger partial charge in [-0.3, -0.25) is 0 Å². The maximum Gasteiger partial charge on any atom is 0.0624 e. The largest absolute Gasteiger partial charge is 0.392 e. The van der Waals surface area contributed by atoms with E-state index in [9.17, 15) is 10.2 Å². The van der Waals surface area contributed by atoms with E-state index in [2.05, 4.69) is 54.5 Å². The summed E-state index contributed by atoms with van der Waals surface area (Å²) in [5.41, 5.74) is 2.88. The van der Waals surface area contributed by atoms with Crippen LogP contribution in [0.15, 0.2) is 11.6 Å². The van der Waals surface area contributed by atoms with Gasteiger partial charge in [0, 0.05) is 11.8 Å². The average molecular weight is 429 g/mol. The quantitative estimate of drug-likeness (QED) is 0.419. The van der Waals surface area contributed by atoms with Crippen LogP contribution >= 0.6 is 0 Å². The summed E-state index contributed by atoms with van der Waals surface area (Å²) < 4.78 is 0. The van der Waals surface area contributed by atoms with Crippen molar-refractivity contribution in [2.45, 2.75) is 118 Å². The van der Waals surface area contributed by atoms with Gasteiger partial charge in [-0.2, -0.15) is 0 Å². The summed E-state index contributed by atoms with van der Waals surface area (Å²) >= 11 is 0. The molecule has 4 fully saturated rings. The van der Waals surface area contributed by atoms with E-state index in [1.54, 1.807) is 5.57 Å². The lowest BCUT2D eigenvalue weighted by Crippen LogP contribution is -2.64. The monoisotopic (exact) mass is 428 g/mol. The Kier molecular flexibility index (Phi) is 4.80. The fourth-order valence-corrected chi connectivity index (χ4v) is 10.2. The van der Waals surface area contributed by atoms with Crippen molar-refractivity contribution in [3.05, 3.63) is 11.6 Å². The van der Waals surface area contributed by atoms with Crippen LogP contribution in [0.3, 0.4) is 0 Å². The van der Waals surface area contributed by atoms with Crippen molar-refractivity contribution in [1.82, 2.24) is 0 Å². The predicted molar refractivity (Wildman–Crippen MR) is 127 cm³/mol. The number of aliphatic hydroxyl groups excluding tert-OH is 2. The van der Waals surface area contributed by atoms with Gasteiger partial charge in [-0.05, 0) is 96.7 Å². The summed E-state index contributed by atoms with van der Waals surface area (Å²) in [4.78, 5) is 0. The summed E-state index contributed by atoms with van der Waals surface area (Å²) in [6.45, 7) is 17.1. The smallest absolute Gasteiger partial charge is 0.0624 e. The lowest BCUT2D eigenvalue weighted by atomic mass is 9.38. The topological polar surface area (TPSA) is 40.5 Å². The third-order valence-electron chi connectivity index (χ3n) is 12.3. The fraction of sp³-hybridized carbons (Fsp3) is 0.931. The molecule has 5 rings (SSSR count). The summed E-state index contributed by atoms with van der Waals surface area (Å²) in [5.74, 6) is 2.40. The molecule has 0 heterocycles. The minimum Gasteiger partial charge on any atom is -0.392 e. The summed E-state index contributed by atoms with van der Waals surface area (Å²) in [6.07, 6.45) is 12.8. The van der Waals surface area contributed by atoms with E-state index in [1.807, 2.05) is 0 Å². The van der Waals surface area contributed by atoms with Gasteiger partial charge in [0.2, 0.25) is 0 Å². The Bertz CT molecular complexity index is 780. The highest BCUT2D eigenvalue weighted by molar-refractivity contribution is 5.31. The zero-order valence-corrected chi connectivity index (χ0v) is 21.3. The van der Waals surface area contributed by atoms with Crippen molar-refractivity contribution in [3.8, 4) is 0 Å². The van der Waals surface area contributed by atoms with Crippen LogP contribution in [0.2, 0.25) is 0 Å². The van der Waals surface area contributed by atoms with Crippen molar-refractivity contribution >= 4 is 0 Å². The molecule has 0 aliphatic heterocycles.